The molecule has 0 saturated heterocycles. The van der Waals surface area contributed by atoms with Gasteiger partial charge >= 0.3 is 0 Å². The Morgan fingerprint density at radius 1 is 1.06 bits per heavy atom. The number of ketones is 1. The highest BCUT2D eigenvalue weighted by atomic mass is 16.5. The first-order valence-electron chi connectivity index (χ1n) is 5.04. The van der Waals surface area contributed by atoms with Gasteiger partial charge in [-0.05, 0) is 29.8 Å². The molecule has 0 N–H and O–H groups in total. The minimum atomic E-state index is 0.0401. The Balaban J connectivity index is 2.25. The molecule has 1 aliphatic rings. The van der Waals surface area contributed by atoms with E-state index < -0.39 is 0 Å². The molecule has 0 atom stereocenters. The molecule has 2 nitrogen and oxygen atoms in total. The Labute approximate surface area is 94.6 Å². The lowest BCUT2D eigenvalue weighted by Crippen LogP contribution is -1.98. The van der Waals surface area contributed by atoms with Crippen LogP contribution in [-0.2, 0) is 4.79 Å². The fourth-order valence-electron chi connectivity index (χ4n) is 1.48. The fourth-order valence-corrected chi connectivity index (χ4v) is 1.48. The molecular weight excluding hydrogens is 200 g/mol. The number of hydrogen-bond donors (Lipinski definition) is 0. The standard InChI is InChI=1S/C14H12O2/c1-16-13-8-6-11(7-9-13)10-12-4-2-3-5-14(12)15/h2-10H,1H3/b12-10+. The quantitative estimate of drug-likeness (QED) is 0.704. The molecule has 0 amide bonds. The van der Waals surface area contributed by atoms with Gasteiger partial charge in [0.15, 0.2) is 5.78 Å². The lowest BCUT2D eigenvalue weighted by molar-refractivity contribution is -0.111. The normalized spacial score (nSPS) is 16.8. The van der Waals surface area contributed by atoms with Crippen molar-refractivity contribution in [2.24, 2.45) is 0 Å². The topological polar surface area (TPSA) is 26.3 Å². The van der Waals surface area contributed by atoms with Gasteiger partial charge < -0.3 is 4.74 Å². The first kappa shape index (κ1) is 10.4. The third-order valence-electron chi connectivity index (χ3n) is 2.36. The fraction of sp³-hybridized carbons (Fsp3) is 0.0714. The van der Waals surface area contributed by atoms with Crippen molar-refractivity contribution >= 4 is 11.9 Å². The molecule has 0 fully saturated rings. The minimum absolute atomic E-state index is 0.0401. The summed E-state index contributed by atoms with van der Waals surface area (Å²) in [5.74, 6) is 0.853. The molecule has 0 saturated carbocycles. The van der Waals surface area contributed by atoms with E-state index in [1.54, 1.807) is 19.3 Å². The van der Waals surface area contributed by atoms with Crippen LogP contribution in [0.1, 0.15) is 5.56 Å². The van der Waals surface area contributed by atoms with Crippen molar-refractivity contribution in [3.63, 3.8) is 0 Å². The second kappa shape index (κ2) is 4.62. The van der Waals surface area contributed by atoms with E-state index in [0.29, 0.717) is 5.57 Å². The lowest BCUT2D eigenvalue weighted by atomic mass is 10.0. The maximum atomic E-state index is 11.5. The smallest absolute Gasteiger partial charge is 0.185 e. The van der Waals surface area contributed by atoms with Crippen LogP contribution in [0.3, 0.4) is 0 Å². The van der Waals surface area contributed by atoms with Crippen molar-refractivity contribution in [1.82, 2.24) is 0 Å². The molecule has 0 heterocycles. The van der Waals surface area contributed by atoms with Crippen LogP contribution in [0.15, 0.2) is 54.1 Å². The third kappa shape index (κ3) is 2.28. The second-order valence-electron chi connectivity index (χ2n) is 3.46. The van der Waals surface area contributed by atoms with Gasteiger partial charge in [0.25, 0.3) is 0 Å². The highest BCUT2D eigenvalue weighted by molar-refractivity contribution is 6.10. The van der Waals surface area contributed by atoms with E-state index in [2.05, 4.69) is 0 Å². The van der Waals surface area contributed by atoms with Crippen molar-refractivity contribution in [2.45, 2.75) is 0 Å². The monoisotopic (exact) mass is 212 g/mol. The van der Waals surface area contributed by atoms with Gasteiger partial charge in [-0.1, -0.05) is 30.4 Å². The molecule has 2 heteroatoms. The number of methoxy groups -OCH3 is 1. The van der Waals surface area contributed by atoms with Crippen LogP contribution in [0.25, 0.3) is 6.08 Å². The Bertz CT molecular complexity index is 476. The van der Waals surface area contributed by atoms with Crippen LogP contribution < -0.4 is 4.74 Å². The van der Waals surface area contributed by atoms with Gasteiger partial charge in [-0.2, -0.15) is 0 Å². The maximum absolute atomic E-state index is 11.5. The summed E-state index contributed by atoms with van der Waals surface area (Å²) in [4.78, 5) is 11.5. The molecule has 80 valence electrons. The van der Waals surface area contributed by atoms with Crippen LogP contribution in [0.2, 0.25) is 0 Å². The summed E-state index contributed by atoms with van der Waals surface area (Å²) in [6.45, 7) is 0. The van der Waals surface area contributed by atoms with E-state index in [0.717, 1.165) is 11.3 Å². The van der Waals surface area contributed by atoms with Crippen LogP contribution in [0, 0.1) is 0 Å². The summed E-state index contributed by atoms with van der Waals surface area (Å²) in [6.07, 6.45) is 8.84. The average molecular weight is 212 g/mol. The summed E-state index contributed by atoms with van der Waals surface area (Å²) < 4.78 is 5.07. The Morgan fingerprint density at radius 3 is 2.38 bits per heavy atom. The van der Waals surface area contributed by atoms with Crippen LogP contribution >= 0.6 is 0 Å². The number of allylic oxidation sites excluding steroid dienone is 5. The van der Waals surface area contributed by atoms with E-state index in [1.807, 2.05) is 42.5 Å². The maximum Gasteiger partial charge on any atom is 0.185 e. The molecule has 0 aliphatic heterocycles. The zero-order valence-corrected chi connectivity index (χ0v) is 9.01. The van der Waals surface area contributed by atoms with Gasteiger partial charge in [0, 0.05) is 5.57 Å². The van der Waals surface area contributed by atoms with Gasteiger partial charge in [0.05, 0.1) is 7.11 Å². The van der Waals surface area contributed by atoms with E-state index in [9.17, 15) is 4.79 Å². The first-order chi connectivity index (χ1) is 7.79. The zero-order chi connectivity index (χ0) is 11.4. The lowest BCUT2D eigenvalue weighted by Gasteiger charge is -2.02. The van der Waals surface area contributed by atoms with Crippen molar-refractivity contribution < 1.29 is 9.53 Å². The number of carbonyl (C=O) groups excluding carboxylic acids is 1. The van der Waals surface area contributed by atoms with E-state index in [-0.39, 0.29) is 5.78 Å². The van der Waals surface area contributed by atoms with Gasteiger partial charge in [0.2, 0.25) is 0 Å². The summed E-state index contributed by atoms with van der Waals surface area (Å²) >= 11 is 0. The van der Waals surface area contributed by atoms with E-state index in [1.165, 1.54) is 0 Å². The van der Waals surface area contributed by atoms with Gasteiger partial charge in [-0.15, -0.1) is 0 Å². The molecule has 0 bridgehead atoms. The molecule has 0 aromatic heterocycles. The first-order valence-corrected chi connectivity index (χ1v) is 5.04. The predicted molar refractivity (Wildman–Crippen MR) is 64.3 cm³/mol. The molecule has 0 radical (unpaired) electrons. The van der Waals surface area contributed by atoms with Crippen molar-refractivity contribution in [3.05, 3.63) is 59.7 Å². The molecule has 1 aromatic rings. The summed E-state index contributed by atoms with van der Waals surface area (Å²) in [5.41, 5.74) is 1.69. The Hall–Kier alpha value is -2.09. The molecule has 2 rings (SSSR count). The molecule has 1 aromatic carbocycles. The number of rotatable bonds is 2. The molecular formula is C14H12O2. The minimum Gasteiger partial charge on any atom is -0.497 e. The Morgan fingerprint density at radius 2 is 1.75 bits per heavy atom. The van der Waals surface area contributed by atoms with E-state index in [4.69, 9.17) is 4.74 Å². The molecule has 0 unspecified atom stereocenters. The highest BCUT2D eigenvalue weighted by Crippen LogP contribution is 2.16. The number of ether oxygens (including phenoxy) is 1. The predicted octanol–water partition coefficient (Wildman–Crippen LogP) is 2.77. The summed E-state index contributed by atoms with van der Waals surface area (Å²) in [7, 11) is 1.63. The summed E-state index contributed by atoms with van der Waals surface area (Å²) in [5, 5.41) is 0. The van der Waals surface area contributed by atoms with Crippen LogP contribution in [0.4, 0.5) is 0 Å². The van der Waals surface area contributed by atoms with Gasteiger partial charge in [-0.3, -0.25) is 4.79 Å². The third-order valence-corrected chi connectivity index (χ3v) is 2.36. The SMILES string of the molecule is COc1ccc(/C=C2\C=CC=CC2=O)cc1. The molecule has 1 aliphatic carbocycles. The second-order valence-corrected chi connectivity index (χ2v) is 3.46. The van der Waals surface area contributed by atoms with Crippen LogP contribution in [-0.4, -0.2) is 12.9 Å². The van der Waals surface area contributed by atoms with Crippen molar-refractivity contribution in [1.29, 1.82) is 0 Å². The zero-order valence-electron chi connectivity index (χ0n) is 9.01. The average Bonchev–Trinajstić information content (AvgIpc) is 2.33. The molecule has 0 spiro atoms. The largest absolute Gasteiger partial charge is 0.497 e. The number of hydrogen-bond acceptors (Lipinski definition) is 2. The summed E-state index contributed by atoms with van der Waals surface area (Å²) in [6, 6.07) is 7.59. The van der Waals surface area contributed by atoms with Crippen LogP contribution in [0.5, 0.6) is 5.75 Å². The number of carbonyl (C=O) groups is 1. The van der Waals surface area contributed by atoms with E-state index >= 15 is 0 Å². The molecule has 16 heavy (non-hydrogen) atoms. The number of benzene rings is 1. The highest BCUT2D eigenvalue weighted by Gasteiger charge is 2.04. The van der Waals surface area contributed by atoms with Crippen molar-refractivity contribution in [2.75, 3.05) is 7.11 Å². The van der Waals surface area contributed by atoms with Gasteiger partial charge in [0.1, 0.15) is 5.75 Å². The van der Waals surface area contributed by atoms with Gasteiger partial charge in [-0.25, -0.2) is 0 Å². The Kier molecular flexibility index (Phi) is 3.01. The van der Waals surface area contributed by atoms with Crippen molar-refractivity contribution in [3.8, 4) is 5.75 Å².